The maximum atomic E-state index is 10.6. The molecule has 0 atom stereocenters. The second kappa shape index (κ2) is 5.32. The summed E-state index contributed by atoms with van der Waals surface area (Å²) in [5.74, 6) is 0.616. The topological polar surface area (TPSA) is 90.8 Å². The van der Waals surface area contributed by atoms with Gasteiger partial charge in [-0.05, 0) is 6.07 Å². The van der Waals surface area contributed by atoms with E-state index in [2.05, 4.69) is 4.99 Å². The molecule has 0 saturated carbocycles. The van der Waals surface area contributed by atoms with Gasteiger partial charge in [0, 0.05) is 12.1 Å². The van der Waals surface area contributed by atoms with E-state index in [1.165, 1.54) is 25.3 Å². The highest BCUT2D eigenvalue weighted by Crippen LogP contribution is 2.31. The molecule has 0 fully saturated rings. The fourth-order valence-corrected chi connectivity index (χ4v) is 1.12. The van der Waals surface area contributed by atoms with E-state index in [-0.39, 0.29) is 23.1 Å². The average molecular weight is 244 g/mol. The van der Waals surface area contributed by atoms with Crippen LogP contribution in [0.15, 0.2) is 23.2 Å². The molecule has 0 aliphatic carbocycles. The fraction of sp³-hybridized carbons (Fsp3) is 0.222. The van der Waals surface area contributed by atoms with Crippen LogP contribution < -0.4 is 10.5 Å². The third-order valence-corrected chi connectivity index (χ3v) is 2.05. The van der Waals surface area contributed by atoms with Gasteiger partial charge in [0.15, 0.2) is 0 Å². The predicted molar refractivity (Wildman–Crippen MR) is 61.7 cm³/mol. The number of nitrogens with two attached hydrogens (primary N) is 1. The van der Waals surface area contributed by atoms with Gasteiger partial charge in [-0.25, -0.2) is 4.99 Å². The molecule has 0 radical (unpaired) electrons. The van der Waals surface area contributed by atoms with Gasteiger partial charge in [0.05, 0.1) is 17.9 Å². The van der Waals surface area contributed by atoms with Crippen LogP contribution in [0.3, 0.4) is 0 Å². The largest absolute Gasteiger partial charge is 0.494 e. The first kappa shape index (κ1) is 12.3. The van der Waals surface area contributed by atoms with Crippen LogP contribution in [0, 0.1) is 10.1 Å². The van der Waals surface area contributed by atoms with Gasteiger partial charge < -0.3 is 10.5 Å². The van der Waals surface area contributed by atoms with Crippen molar-refractivity contribution in [3.8, 4) is 5.75 Å². The van der Waals surface area contributed by atoms with Crippen molar-refractivity contribution in [1.82, 2.24) is 0 Å². The van der Waals surface area contributed by atoms with Gasteiger partial charge in [-0.3, -0.25) is 10.1 Å². The van der Waals surface area contributed by atoms with Gasteiger partial charge in [0.2, 0.25) is 0 Å². The lowest BCUT2D eigenvalue weighted by Gasteiger charge is -2.04. The van der Waals surface area contributed by atoms with Gasteiger partial charge in [-0.2, -0.15) is 0 Å². The fourth-order valence-electron chi connectivity index (χ4n) is 1.06. The maximum absolute atomic E-state index is 10.6. The number of alkyl halides is 1. The minimum absolute atomic E-state index is 0.0475. The van der Waals surface area contributed by atoms with Crippen molar-refractivity contribution in [2.75, 3.05) is 13.0 Å². The number of methoxy groups -OCH3 is 1. The lowest BCUT2D eigenvalue weighted by Crippen LogP contribution is -2.12. The SMILES string of the molecule is COc1ccc([N+](=O)[O-])cc1N=C(N)CCl. The Morgan fingerprint density at radius 1 is 1.69 bits per heavy atom. The molecule has 0 aliphatic rings. The Balaban J connectivity index is 3.22. The van der Waals surface area contributed by atoms with Gasteiger partial charge in [0.25, 0.3) is 5.69 Å². The van der Waals surface area contributed by atoms with Gasteiger partial charge >= 0.3 is 0 Å². The molecule has 1 rings (SSSR count). The number of rotatable bonds is 4. The van der Waals surface area contributed by atoms with Crippen molar-refractivity contribution in [2.45, 2.75) is 0 Å². The standard InChI is InChI=1S/C9H10ClN3O3/c1-16-8-3-2-6(13(14)15)4-7(8)12-9(11)5-10/h2-4H,5H2,1H3,(H2,11,12). The Bertz CT molecular complexity index is 434. The summed E-state index contributed by atoms with van der Waals surface area (Å²) >= 11 is 5.47. The minimum Gasteiger partial charge on any atom is -0.494 e. The number of nitrogens with zero attached hydrogens (tertiary/aromatic N) is 2. The zero-order chi connectivity index (χ0) is 12.1. The van der Waals surface area contributed by atoms with Crippen LogP contribution in [0.2, 0.25) is 0 Å². The highest BCUT2D eigenvalue weighted by molar-refractivity contribution is 6.28. The van der Waals surface area contributed by atoms with E-state index in [0.717, 1.165) is 0 Å². The van der Waals surface area contributed by atoms with Gasteiger partial charge in [-0.15, -0.1) is 11.6 Å². The number of ether oxygens (including phenoxy) is 1. The molecule has 1 aromatic rings. The summed E-state index contributed by atoms with van der Waals surface area (Å²) in [6.45, 7) is 0. The van der Waals surface area contributed by atoms with E-state index in [9.17, 15) is 10.1 Å². The lowest BCUT2D eigenvalue weighted by atomic mass is 10.2. The summed E-state index contributed by atoms with van der Waals surface area (Å²) in [6, 6.07) is 4.06. The number of halogens is 1. The average Bonchev–Trinajstić information content (AvgIpc) is 2.28. The Labute approximate surface area is 96.8 Å². The molecule has 16 heavy (non-hydrogen) atoms. The molecule has 6 nitrogen and oxygen atoms in total. The summed E-state index contributed by atoms with van der Waals surface area (Å²) < 4.78 is 5.00. The molecule has 0 unspecified atom stereocenters. The first-order valence-corrected chi connectivity index (χ1v) is 4.83. The van der Waals surface area contributed by atoms with E-state index in [4.69, 9.17) is 22.1 Å². The first-order chi connectivity index (χ1) is 7.58. The molecule has 2 N–H and O–H groups in total. The Kier molecular flexibility index (Phi) is 4.07. The molecule has 0 amide bonds. The molecule has 7 heteroatoms. The monoisotopic (exact) mass is 243 g/mol. The van der Waals surface area contributed by atoms with Crippen LogP contribution >= 0.6 is 11.6 Å². The number of aliphatic imine (C=N–C) groups is 1. The number of hydrogen-bond donors (Lipinski definition) is 1. The van der Waals surface area contributed by atoms with Crippen molar-refractivity contribution in [3.63, 3.8) is 0 Å². The number of nitro benzene ring substituents is 1. The summed E-state index contributed by atoms with van der Waals surface area (Å²) in [6.07, 6.45) is 0. The quantitative estimate of drug-likeness (QED) is 0.287. The van der Waals surface area contributed by atoms with Crippen LogP contribution in [0.4, 0.5) is 11.4 Å². The Morgan fingerprint density at radius 2 is 2.38 bits per heavy atom. The van der Waals surface area contributed by atoms with E-state index in [1.807, 2.05) is 0 Å². The van der Waals surface area contributed by atoms with Crippen LogP contribution in [-0.2, 0) is 0 Å². The van der Waals surface area contributed by atoms with Crippen molar-refractivity contribution in [2.24, 2.45) is 10.7 Å². The van der Waals surface area contributed by atoms with Crippen molar-refractivity contribution in [1.29, 1.82) is 0 Å². The number of hydrogen-bond acceptors (Lipinski definition) is 4. The molecular weight excluding hydrogens is 234 g/mol. The maximum Gasteiger partial charge on any atom is 0.271 e. The van der Waals surface area contributed by atoms with Crippen LogP contribution in [0.25, 0.3) is 0 Å². The molecule has 0 bridgehead atoms. The van der Waals surface area contributed by atoms with Crippen LogP contribution in [-0.4, -0.2) is 23.7 Å². The van der Waals surface area contributed by atoms with E-state index >= 15 is 0 Å². The van der Waals surface area contributed by atoms with Crippen LogP contribution in [0.1, 0.15) is 0 Å². The summed E-state index contributed by atoms with van der Waals surface area (Å²) in [4.78, 5) is 14.0. The molecule has 0 aliphatic heterocycles. The van der Waals surface area contributed by atoms with Crippen molar-refractivity contribution < 1.29 is 9.66 Å². The predicted octanol–water partition coefficient (Wildman–Crippen LogP) is 1.83. The molecule has 0 spiro atoms. The number of benzene rings is 1. The molecule has 0 heterocycles. The number of amidine groups is 1. The van der Waals surface area contributed by atoms with Crippen molar-refractivity contribution >= 4 is 28.8 Å². The van der Waals surface area contributed by atoms with E-state index in [1.54, 1.807) is 0 Å². The van der Waals surface area contributed by atoms with Crippen LogP contribution in [0.5, 0.6) is 5.75 Å². The molecule has 0 saturated heterocycles. The normalized spacial score (nSPS) is 11.2. The molecule has 86 valence electrons. The summed E-state index contributed by atoms with van der Waals surface area (Å²) in [7, 11) is 1.44. The third kappa shape index (κ3) is 2.83. The zero-order valence-electron chi connectivity index (χ0n) is 8.51. The van der Waals surface area contributed by atoms with Crippen molar-refractivity contribution in [3.05, 3.63) is 28.3 Å². The number of nitro groups is 1. The lowest BCUT2D eigenvalue weighted by molar-refractivity contribution is -0.384. The molecule has 0 aromatic heterocycles. The van der Waals surface area contributed by atoms with E-state index in [0.29, 0.717) is 5.75 Å². The summed E-state index contributed by atoms with van der Waals surface area (Å²) in [5.41, 5.74) is 5.65. The minimum atomic E-state index is -0.519. The smallest absolute Gasteiger partial charge is 0.271 e. The second-order valence-electron chi connectivity index (χ2n) is 2.85. The summed E-state index contributed by atoms with van der Waals surface area (Å²) in [5, 5.41) is 10.6. The first-order valence-electron chi connectivity index (χ1n) is 4.30. The molecule has 1 aromatic carbocycles. The second-order valence-corrected chi connectivity index (χ2v) is 3.12. The number of non-ortho nitro benzene ring substituents is 1. The zero-order valence-corrected chi connectivity index (χ0v) is 9.27. The van der Waals surface area contributed by atoms with Gasteiger partial charge in [-0.1, -0.05) is 0 Å². The van der Waals surface area contributed by atoms with Gasteiger partial charge in [0.1, 0.15) is 17.3 Å². The highest BCUT2D eigenvalue weighted by Gasteiger charge is 2.10. The molecular formula is C9H10ClN3O3. The Morgan fingerprint density at radius 3 is 2.88 bits per heavy atom. The highest BCUT2D eigenvalue weighted by atomic mass is 35.5. The Hall–Kier alpha value is -1.82. The van der Waals surface area contributed by atoms with E-state index < -0.39 is 4.92 Å². The third-order valence-electron chi connectivity index (χ3n) is 1.77.